The van der Waals surface area contributed by atoms with Gasteiger partial charge in [-0.2, -0.15) is 5.09 Å². The summed E-state index contributed by atoms with van der Waals surface area (Å²) in [6.07, 6.45) is 3.63. The second-order valence-electron chi connectivity index (χ2n) is 10.8. The summed E-state index contributed by atoms with van der Waals surface area (Å²) in [6.45, 7) is 5.84. The summed E-state index contributed by atoms with van der Waals surface area (Å²) in [7, 11) is -4.33. The summed E-state index contributed by atoms with van der Waals surface area (Å²) >= 11 is 0. The van der Waals surface area contributed by atoms with Gasteiger partial charge in [0.05, 0.1) is 19.0 Å². The number of ether oxygens (including phenoxy) is 2. The minimum Gasteiger partial charge on any atom is -0.462 e. The molecule has 1 saturated carbocycles. The molecule has 6 atom stereocenters. The number of imidazole rings is 1. The van der Waals surface area contributed by atoms with E-state index >= 15 is 4.39 Å². The fourth-order valence-corrected chi connectivity index (χ4v) is 6.04. The number of carbonyl (C=O) groups excluding carboxylic acids is 1. The zero-order valence-electron chi connectivity index (χ0n) is 24.1. The minimum absolute atomic E-state index is 0.174. The standard InChI is InChI=1S/C28H34FN6O7P/c1-6-28(29)23(36)21(41-27(28)35-15-30-22-24(33-19-12-13-19)31-18(5)32-25(22)35)14-39-43(38,42-20-10-8-7-9-11-20)34-17(4)26(37)40-16(2)3/h1,7-11,15-17,19,21,23,27,36H,12-14H2,2-5H3,(H,34,38)(H,31,32,33)/t17-,21+,23+,27+,28+,43-/m0/s1. The van der Waals surface area contributed by atoms with Crippen LogP contribution >= 0.6 is 7.75 Å². The Morgan fingerprint density at radius 1 is 1.30 bits per heavy atom. The summed E-state index contributed by atoms with van der Waals surface area (Å²) < 4.78 is 53.8. The van der Waals surface area contributed by atoms with E-state index in [0.717, 1.165) is 12.8 Å². The molecule has 230 valence electrons. The summed E-state index contributed by atoms with van der Waals surface area (Å²) in [4.78, 5) is 25.6. The predicted molar refractivity (Wildman–Crippen MR) is 154 cm³/mol. The van der Waals surface area contributed by atoms with Gasteiger partial charge in [0.2, 0.25) is 5.67 Å². The topological polar surface area (TPSA) is 159 Å². The van der Waals surface area contributed by atoms with E-state index in [1.807, 2.05) is 5.92 Å². The van der Waals surface area contributed by atoms with Gasteiger partial charge in [-0.15, -0.1) is 6.42 Å². The van der Waals surface area contributed by atoms with Crippen molar-refractivity contribution < 1.29 is 37.4 Å². The first kappa shape index (κ1) is 30.8. The monoisotopic (exact) mass is 616 g/mol. The molecular formula is C28H34FN6O7P. The van der Waals surface area contributed by atoms with Crippen molar-refractivity contribution in [3.05, 3.63) is 42.5 Å². The highest BCUT2D eigenvalue weighted by molar-refractivity contribution is 7.52. The number of hydrogen-bond donors (Lipinski definition) is 3. The van der Waals surface area contributed by atoms with Gasteiger partial charge in [0, 0.05) is 6.04 Å². The third-order valence-corrected chi connectivity index (χ3v) is 8.45. The van der Waals surface area contributed by atoms with Crippen LogP contribution in [0.5, 0.6) is 5.75 Å². The van der Waals surface area contributed by atoms with Crippen molar-refractivity contribution in [3.8, 4) is 18.1 Å². The highest BCUT2D eigenvalue weighted by Crippen LogP contribution is 2.48. The zero-order chi connectivity index (χ0) is 30.9. The fourth-order valence-electron chi connectivity index (χ4n) is 4.54. The number of carbonyl (C=O) groups is 1. The number of anilines is 1. The number of aromatic nitrogens is 4. The van der Waals surface area contributed by atoms with E-state index in [1.54, 1.807) is 39.0 Å². The van der Waals surface area contributed by atoms with Crippen LogP contribution in [0.4, 0.5) is 10.2 Å². The Hall–Kier alpha value is -3.60. The van der Waals surface area contributed by atoms with E-state index in [0.29, 0.717) is 17.2 Å². The van der Waals surface area contributed by atoms with Crippen LogP contribution < -0.4 is 14.9 Å². The molecule has 0 unspecified atom stereocenters. The van der Waals surface area contributed by atoms with Gasteiger partial charge in [-0.25, -0.2) is 23.9 Å². The lowest BCUT2D eigenvalue weighted by Crippen LogP contribution is -2.42. The number of aliphatic hydroxyl groups excluding tert-OH is 1. The number of para-hydroxylation sites is 1. The smallest absolute Gasteiger partial charge is 0.459 e. The van der Waals surface area contributed by atoms with Crippen LogP contribution in [0.2, 0.25) is 0 Å². The molecule has 3 N–H and O–H groups in total. The predicted octanol–water partition coefficient (Wildman–Crippen LogP) is 3.44. The molecule has 0 bridgehead atoms. The number of alkyl halides is 1. The number of terminal acetylenes is 1. The van der Waals surface area contributed by atoms with Crippen molar-refractivity contribution in [2.24, 2.45) is 0 Å². The van der Waals surface area contributed by atoms with Gasteiger partial charge in [-0.05, 0) is 52.7 Å². The highest BCUT2D eigenvalue weighted by atomic mass is 31.2. The van der Waals surface area contributed by atoms with Crippen LogP contribution in [0.15, 0.2) is 36.7 Å². The number of fused-ring (bicyclic) bond motifs is 1. The lowest BCUT2D eigenvalue weighted by Gasteiger charge is -2.25. The molecule has 5 rings (SSSR count). The van der Waals surface area contributed by atoms with Gasteiger partial charge in [0.15, 0.2) is 23.2 Å². The number of nitrogens with zero attached hydrogens (tertiary/aromatic N) is 4. The van der Waals surface area contributed by atoms with Crippen molar-refractivity contribution in [2.75, 3.05) is 11.9 Å². The molecule has 0 spiro atoms. The Morgan fingerprint density at radius 3 is 2.67 bits per heavy atom. The first-order valence-corrected chi connectivity index (χ1v) is 15.4. The Kier molecular flexibility index (Phi) is 8.74. The summed E-state index contributed by atoms with van der Waals surface area (Å²) in [5.41, 5.74) is -2.10. The number of hydrogen-bond acceptors (Lipinski definition) is 11. The molecule has 0 radical (unpaired) electrons. The van der Waals surface area contributed by atoms with Crippen molar-refractivity contribution >= 4 is 30.7 Å². The van der Waals surface area contributed by atoms with E-state index in [4.69, 9.17) is 24.9 Å². The van der Waals surface area contributed by atoms with E-state index in [2.05, 4.69) is 25.4 Å². The van der Waals surface area contributed by atoms with Gasteiger partial charge in [0.25, 0.3) is 0 Å². The number of esters is 1. The minimum atomic E-state index is -4.33. The molecule has 43 heavy (non-hydrogen) atoms. The van der Waals surface area contributed by atoms with Crippen LogP contribution in [-0.2, 0) is 23.4 Å². The molecule has 2 aliphatic rings. The van der Waals surface area contributed by atoms with E-state index in [9.17, 15) is 14.5 Å². The third-order valence-electron chi connectivity index (χ3n) is 6.81. The molecule has 0 amide bonds. The molecule has 3 heterocycles. The van der Waals surface area contributed by atoms with Crippen LogP contribution in [-0.4, -0.2) is 73.3 Å². The second kappa shape index (κ2) is 12.2. The largest absolute Gasteiger partial charge is 0.462 e. The summed E-state index contributed by atoms with van der Waals surface area (Å²) in [5.74, 6) is 2.41. The maximum absolute atomic E-state index is 16.3. The lowest BCUT2D eigenvalue weighted by atomic mass is 9.97. The lowest BCUT2D eigenvalue weighted by molar-refractivity contribution is -0.149. The van der Waals surface area contributed by atoms with E-state index in [-0.39, 0.29) is 17.4 Å². The number of aryl methyl sites for hydroxylation is 1. The van der Waals surface area contributed by atoms with Gasteiger partial charge >= 0.3 is 13.7 Å². The van der Waals surface area contributed by atoms with Crippen molar-refractivity contribution in [1.82, 2.24) is 24.6 Å². The summed E-state index contributed by atoms with van der Waals surface area (Å²) in [6, 6.07) is 7.28. The third kappa shape index (κ3) is 6.66. The molecule has 2 fully saturated rings. The quantitative estimate of drug-likeness (QED) is 0.155. The average Bonchev–Trinajstić information content (AvgIpc) is 3.62. The second-order valence-corrected chi connectivity index (χ2v) is 12.5. The number of nitrogens with one attached hydrogen (secondary N) is 2. The molecule has 2 aromatic heterocycles. The maximum atomic E-state index is 16.3. The number of benzene rings is 1. The molecule has 1 saturated heterocycles. The Labute approximate surface area is 248 Å². The molecule has 3 aromatic rings. The molecule has 1 aromatic carbocycles. The Balaban J connectivity index is 1.39. The van der Waals surface area contributed by atoms with Crippen LogP contribution in [0.25, 0.3) is 11.2 Å². The normalized spacial score (nSPS) is 25.7. The van der Waals surface area contributed by atoms with Crippen LogP contribution in [0, 0.1) is 19.3 Å². The van der Waals surface area contributed by atoms with E-state index < -0.39 is 56.6 Å². The summed E-state index contributed by atoms with van der Waals surface area (Å²) in [5, 5.41) is 16.8. The first-order chi connectivity index (χ1) is 20.4. The van der Waals surface area contributed by atoms with E-state index in [1.165, 1.54) is 30.0 Å². The van der Waals surface area contributed by atoms with Crippen LogP contribution in [0.3, 0.4) is 0 Å². The van der Waals surface area contributed by atoms with Crippen molar-refractivity contribution in [2.45, 2.75) is 82.8 Å². The Morgan fingerprint density at radius 2 is 2.02 bits per heavy atom. The van der Waals surface area contributed by atoms with Crippen molar-refractivity contribution in [3.63, 3.8) is 0 Å². The van der Waals surface area contributed by atoms with Gasteiger partial charge in [-0.3, -0.25) is 13.9 Å². The zero-order valence-corrected chi connectivity index (χ0v) is 25.0. The number of halogens is 1. The van der Waals surface area contributed by atoms with Gasteiger partial charge in [0.1, 0.15) is 29.8 Å². The first-order valence-electron chi connectivity index (χ1n) is 13.9. The molecule has 1 aliphatic carbocycles. The van der Waals surface area contributed by atoms with Crippen molar-refractivity contribution in [1.29, 1.82) is 0 Å². The average molecular weight is 617 g/mol. The van der Waals surface area contributed by atoms with Gasteiger partial charge in [-0.1, -0.05) is 24.1 Å². The fraction of sp³-hybridized carbons (Fsp3) is 0.500. The number of rotatable bonds is 12. The Bertz CT molecular complexity index is 1560. The highest BCUT2D eigenvalue weighted by Gasteiger charge is 2.58. The number of aliphatic hydroxyl groups is 1. The van der Waals surface area contributed by atoms with Gasteiger partial charge < -0.3 is 24.4 Å². The molecule has 13 nitrogen and oxygen atoms in total. The molecule has 15 heteroatoms. The maximum Gasteiger partial charge on any atom is 0.459 e. The SMILES string of the molecule is C#C[C@@]1(F)[C@H](O)[C@@H](CO[P@@](=O)(N[C@@H](C)C(=O)OC(C)C)Oc2ccccc2)O[C@H]1n1cnc2c(NC3CC3)nc(C)nc21. The molecule has 1 aliphatic heterocycles. The molecular weight excluding hydrogens is 582 g/mol. The van der Waals surface area contributed by atoms with Crippen LogP contribution in [0.1, 0.15) is 45.7 Å².